The van der Waals surface area contributed by atoms with Gasteiger partial charge in [-0.15, -0.1) is 0 Å². The first-order valence-electron chi connectivity index (χ1n) is 5.30. The number of rotatable bonds is 0. The van der Waals surface area contributed by atoms with Crippen LogP contribution in [-0.4, -0.2) is 28.7 Å². The maximum Gasteiger partial charge on any atom is 0.211 e. The summed E-state index contributed by atoms with van der Waals surface area (Å²) in [6, 6.07) is 0. The summed E-state index contributed by atoms with van der Waals surface area (Å²) in [7, 11) is 0. The Morgan fingerprint density at radius 1 is 1.08 bits per heavy atom. The van der Waals surface area contributed by atoms with Crippen molar-refractivity contribution in [1.29, 1.82) is 0 Å². The van der Waals surface area contributed by atoms with E-state index in [4.69, 9.17) is 0 Å². The van der Waals surface area contributed by atoms with Gasteiger partial charge in [0.2, 0.25) is 11.1 Å². The Balaban J connectivity index is 1.65. The molecule has 1 nitrogen and oxygen atoms in total. The summed E-state index contributed by atoms with van der Waals surface area (Å²) in [5, 5.41) is 0. The summed E-state index contributed by atoms with van der Waals surface area (Å²) in [5.74, 6) is 0. The molecule has 1 aliphatic carbocycles. The molecule has 3 saturated heterocycles. The zero-order valence-electron chi connectivity index (χ0n) is 7.60. The molecule has 64 valence electrons. The minimum atomic E-state index is 0.857. The van der Waals surface area contributed by atoms with E-state index in [1.807, 2.05) is 0 Å². The highest BCUT2D eigenvalue weighted by atomic mass is 15.9. The van der Waals surface area contributed by atoms with Gasteiger partial charge in [0.25, 0.3) is 0 Å². The summed E-state index contributed by atoms with van der Waals surface area (Å²) in [6.07, 6.45) is 7.08. The number of nitrogens with zero attached hydrogens (tertiary/aromatic N) is 1. The molecule has 3 aliphatic heterocycles. The maximum atomic E-state index is 4.15. The summed E-state index contributed by atoms with van der Waals surface area (Å²) in [6.45, 7) is 7.24. The van der Waals surface area contributed by atoms with Crippen molar-refractivity contribution in [3.63, 3.8) is 0 Å². The molecule has 0 bridgehead atoms. The van der Waals surface area contributed by atoms with Gasteiger partial charge < -0.3 is 0 Å². The van der Waals surface area contributed by atoms with Gasteiger partial charge in [0, 0.05) is 12.8 Å². The molecular weight excluding hydrogens is 146 g/mol. The lowest BCUT2D eigenvalue weighted by atomic mass is 9.83. The smallest absolute Gasteiger partial charge is 0.211 e. The molecule has 3 heterocycles. The van der Waals surface area contributed by atoms with Gasteiger partial charge in [-0.05, 0) is 19.3 Å². The van der Waals surface area contributed by atoms with Crippen molar-refractivity contribution in [3.05, 3.63) is 12.2 Å². The van der Waals surface area contributed by atoms with Crippen LogP contribution in [0.15, 0.2) is 12.2 Å². The Morgan fingerprint density at radius 2 is 1.83 bits per heavy atom. The molecule has 3 spiro atoms. The summed E-state index contributed by atoms with van der Waals surface area (Å²) >= 11 is 0. The van der Waals surface area contributed by atoms with Gasteiger partial charge in [0.15, 0.2) is 0 Å². The first-order valence-corrected chi connectivity index (χ1v) is 5.30. The van der Waals surface area contributed by atoms with E-state index < -0.39 is 0 Å². The Kier molecular flexibility index (Phi) is 0.678. The molecule has 0 aromatic carbocycles. The minimum Gasteiger partial charge on any atom is -0.283 e. The molecular formula is C11H16N+. The van der Waals surface area contributed by atoms with Gasteiger partial charge in [0.1, 0.15) is 13.1 Å². The largest absolute Gasteiger partial charge is 0.283 e. The Hall–Kier alpha value is -0.300. The summed E-state index contributed by atoms with van der Waals surface area (Å²) in [5.41, 5.74) is 3.26. The van der Waals surface area contributed by atoms with E-state index in [1.54, 1.807) is 17.6 Å². The Labute approximate surface area is 73.6 Å². The van der Waals surface area contributed by atoms with E-state index in [0.717, 1.165) is 11.1 Å². The lowest BCUT2D eigenvalue weighted by Gasteiger charge is -2.11. The average Bonchev–Trinajstić information content (AvgIpc) is 2.91. The highest BCUT2D eigenvalue weighted by Gasteiger charge is 3.17. The molecule has 4 fully saturated rings. The molecule has 0 aromatic heterocycles. The van der Waals surface area contributed by atoms with Crippen molar-refractivity contribution in [2.75, 3.05) is 13.1 Å². The van der Waals surface area contributed by atoms with E-state index in [1.165, 1.54) is 37.7 Å². The van der Waals surface area contributed by atoms with Gasteiger partial charge in [-0.3, -0.25) is 4.48 Å². The van der Waals surface area contributed by atoms with Crippen LogP contribution in [0.1, 0.15) is 32.1 Å². The van der Waals surface area contributed by atoms with Crippen molar-refractivity contribution >= 4 is 0 Å². The van der Waals surface area contributed by atoms with Crippen molar-refractivity contribution in [2.45, 2.75) is 43.2 Å². The van der Waals surface area contributed by atoms with Crippen LogP contribution in [0, 0.1) is 0 Å². The molecule has 4 rings (SSSR count). The second-order valence-electron chi connectivity index (χ2n) is 5.45. The molecule has 3 atom stereocenters. The standard InChI is InChI=1S/C11H16N/c1-9-3-2-5-10-7-12(10)8-11(10,12)6-4-9/h1-8H2/q+1. The van der Waals surface area contributed by atoms with Crippen molar-refractivity contribution in [3.8, 4) is 0 Å². The fourth-order valence-corrected chi connectivity index (χ4v) is 4.38. The quantitative estimate of drug-likeness (QED) is 0.290. The topological polar surface area (TPSA) is 0 Å². The van der Waals surface area contributed by atoms with Crippen LogP contribution in [0.2, 0.25) is 0 Å². The van der Waals surface area contributed by atoms with Crippen LogP contribution in [0.25, 0.3) is 0 Å². The van der Waals surface area contributed by atoms with Crippen LogP contribution in [0.3, 0.4) is 0 Å². The number of hydrogen-bond acceptors (Lipinski definition) is 0. The van der Waals surface area contributed by atoms with Gasteiger partial charge in [-0.25, -0.2) is 0 Å². The number of allylic oxidation sites excluding steroid dienone is 1. The molecule has 0 radical (unpaired) electrons. The fraction of sp³-hybridized carbons (Fsp3) is 0.818. The molecule has 0 aromatic rings. The zero-order chi connectivity index (χ0) is 8.03. The highest BCUT2D eigenvalue weighted by Crippen LogP contribution is 2.90. The molecule has 1 heteroatoms. The second kappa shape index (κ2) is 1.31. The van der Waals surface area contributed by atoms with Gasteiger partial charge in [-0.2, -0.15) is 0 Å². The van der Waals surface area contributed by atoms with Crippen molar-refractivity contribution in [2.24, 2.45) is 0 Å². The average molecular weight is 162 g/mol. The van der Waals surface area contributed by atoms with Gasteiger partial charge in [-0.1, -0.05) is 12.2 Å². The van der Waals surface area contributed by atoms with Crippen molar-refractivity contribution < 1.29 is 4.48 Å². The Morgan fingerprint density at radius 3 is 2.58 bits per heavy atom. The second-order valence-corrected chi connectivity index (χ2v) is 5.45. The van der Waals surface area contributed by atoms with E-state index in [2.05, 4.69) is 6.58 Å². The third-order valence-corrected chi connectivity index (χ3v) is 5.32. The third-order valence-electron chi connectivity index (χ3n) is 5.32. The summed E-state index contributed by atoms with van der Waals surface area (Å²) < 4.78 is 1.58. The van der Waals surface area contributed by atoms with Crippen LogP contribution in [0.5, 0.6) is 0 Å². The number of quaternary nitrogens is 1. The van der Waals surface area contributed by atoms with E-state index in [0.29, 0.717) is 0 Å². The Bertz CT molecular complexity index is 308. The van der Waals surface area contributed by atoms with Gasteiger partial charge >= 0.3 is 0 Å². The molecule has 0 amide bonds. The first kappa shape index (κ1) is 6.20. The SMILES string of the molecule is C=C1CCCC23C[N+]24CC34CC1. The lowest BCUT2D eigenvalue weighted by Crippen LogP contribution is -2.25. The zero-order valence-corrected chi connectivity index (χ0v) is 7.60. The fourth-order valence-electron chi connectivity index (χ4n) is 4.38. The van der Waals surface area contributed by atoms with E-state index >= 15 is 0 Å². The minimum absolute atomic E-state index is 0.857. The predicted octanol–water partition coefficient (Wildman–Crippen LogP) is 1.84. The van der Waals surface area contributed by atoms with E-state index in [9.17, 15) is 0 Å². The molecule has 3 unspecified atom stereocenters. The number of hydrogen-bond donors (Lipinski definition) is 0. The lowest BCUT2D eigenvalue weighted by molar-refractivity contribution is -0.603. The third kappa shape index (κ3) is 0.352. The van der Waals surface area contributed by atoms with E-state index in [-0.39, 0.29) is 0 Å². The van der Waals surface area contributed by atoms with Crippen LogP contribution in [0.4, 0.5) is 0 Å². The van der Waals surface area contributed by atoms with Gasteiger partial charge in [0.05, 0.1) is 0 Å². The highest BCUT2D eigenvalue weighted by molar-refractivity contribution is 5.40. The van der Waals surface area contributed by atoms with Crippen LogP contribution < -0.4 is 0 Å². The summed E-state index contributed by atoms with van der Waals surface area (Å²) in [4.78, 5) is 0. The molecule has 0 N–H and O–H groups in total. The van der Waals surface area contributed by atoms with Crippen molar-refractivity contribution in [1.82, 2.24) is 0 Å². The van der Waals surface area contributed by atoms with Crippen LogP contribution in [-0.2, 0) is 0 Å². The molecule has 12 heavy (non-hydrogen) atoms. The first-order chi connectivity index (χ1) is 5.77. The molecule has 4 aliphatic rings. The predicted molar refractivity (Wildman–Crippen MR) is 47.7 cm³/mol. The molecule has 1 saturated carbocycles. The maximum absolute atomic E-state index is 4.15. The van der Waals surface area contributed by atoms with Crippen LogP contribution >= 0.6 is 0 Å². The normalized spacial score (nSPS) is 65.2. The monoisotopic (exact) mass is 162 g/mol.